The zero-order valence-corrected chi connectivity index (χ0v) is 19.9. The number of thiophene rings is 1. The number of hydrogen-bond donors (Lipinski definition) is 1. The summed E-state index contributed by atoms with van der Waals surface area (Å²) in [4.78, 5) is 12.3. The van der Waals surface area contributed by atoms with Gasteiger partial charge in [-0.1, -0.05) is 78.6 Å². The molecule has 4 aromatic carbocycles. The average Bonchev–Trinajstić information content (AvgIpc) is 3.43. The smallest absolute Gasteiger partial charge is 0.407 e. The van der Waals surface area contributed by atoms with Gasteiger partial charge in [0.25, 0.3) is 0 Å². The molecule has 6 rings (SSSR count). The van der Waals surface area contributed by atoms with Gasteiger partial charge >= 0.3 is 6.09 Å². The molecule has 0 saturated carbocycles. The zero-order valence-electron chi connectivity index (χ0n) is 19.1. The SMILES string of the molecule is O=C(NCCC#Cc1ccc2sc3ccccc3c2c1)OCC1c2ccccc2-c2ccccc21. The summed E-state index contributed by atoms with van der Waals surface area (Å²) in [6.45, 7) is 0.771. The fourth-order valence-electron chi connectivity index (χ4n) is 4.84. The molecule has 0 aliphatic heterocycles. The summed E-state index contributed by atoms with van der Waals surface area (Å²) in [5.74, 6) is 6.46. The molecule has 170 valence electrons. The molecule has 1 amide bonds. The molecule has 3 nitrogen and oxygen atoms in total. The van der Waals surface area contributed by atoms with Crippen molar-refractivity contribution < 1.29 is 9.53 Å². The standard InChI is InChI=1S/C31H23NO2S/c33-31(34-20-28-24-12-3-1-10-22(24)23-11-2-4-13-25(23)28)32-18-8-7-9-21-16-17-30-27(19-21)26-14-5-6-15-29(26)35-30/h1-6,10-17,19,28H,8,18,20H2,(H,32,33). The quantitative estimate of drug-likeness (QED) is 0.219. The van der Waals surface area contributed by atoms with Crippen LogP contribution in [0.2, 0.25) is 0 Å². The zero-order chi connectivity index (χ0) is 23.6. The van der Waals surface area contributed by atoms with Crippen LogP contribution in [-0.2, 0) is 4.74 Å². The van der Waals surface area contributed by atoms with Crippen molar-refractivity contribution in [3.05, 3.63) is 108 Å². The second-order valence-corrected chi connectivity index (χ2v) is 9.70. The molecule has 0 radical (unpaired) electrons. The fourth-order valence-corrected chi connectivity index (χ4v) is 5.93. The first-order valence-electron chi connectivity index (χ1n) is 11.8. The summed E-state index contributed by atoms with van der Waals surface area (Å²) in [7, 11) is 0. The molecule has 35 heavy (non-hydrogen) atoms. The molecule has 1 aliphatic carbocycles. The lowest BCUT2D eigenvalue weighted by Crippen LogP contribution is -2.26. The first-order valence-corrected chi connectivity index (χ1v) is 12.6. The normalized spacial score (nSPS) is 12.1. The predicted molar refractivity (Wildman–Crippen MR) is 144 cm³/mol. The second-order valence-electron chi connectivity index (χ2n) is 8.61. The van der Waals surface area contributed by atoms with Crippen molar-refractivity contribution in [1.29, 1.82) is 0 Å². The maximum atomic E-state index is 12.3. The summed E-state index contributed by atoms with van der Waals surface area (Å²) in [5.41, 5.74) is 5.86. The Balaban J connectivity index is 1.04. The Morgan fingerprint density at radius 2 is 1.51 bits per heavy atom. The van der Waals surface area contributed by atoms with E-state index in [1.165, 1.54) is 42.4 Å². The highest BCUT2D eigenvalue weighted by molar-refractivity contribution is 7.25. The highest BCUT2D eigenvalue weighted by Crippen LogP contribution is 2.44. The largest absolute Gasteiger partial charge is 0.449 e. The van der Waals surface area contributed by atoms with Crippen molar-refractivity contribution in [3.63, 3.8) is 0 Å². The van der Waals surface area contributed by atoms with Gasteiger partial charge in [0.05, 0.1) is 0 Å². The summed E-state index contributed by atoms with van der Waals surface area (Å²) in [6.07, 6.45) is 0.159. The first-order chi connectivity index (χ1) is 17.3. The van der Waals surface area contributed by atoms with Gasteiger partial charge in [-0.05, 0) is 46.5 Å². The lowest BCUT2D eigenvalue weighted by atomic mass is 9.98. The van der Waals surface area contributed by atoms with Crippen molar-refractivity contribution in [3.8, 4) is 23.0 Å². The van der Waals surface area contributed by atoms with E-state index in [4.69, 9.17) is 4.74 Å². The number of carbonyl (C=O) groups excluding carboxylic acids is 1. The molecular formula is C31H23NO2S. The maximum absolute atomic E-state index is 12.3. The van der Waals surface area contributed by atoms with Crippen molar-refractivity contribution in [2.24, 2.45) is 0 Å². The molecule has 0 saturated heterocycles. The van der Waals surface area contributed by atoms with Gasteiger partial charge in [0.15, 0.2) is 0 Å². The number of carbonyl (C=O) groups is 1. The average molecular weight is 474 g/mol. The Hall–Kier alpha value is -4.07. The Bertz CT molecular complexity index is 1580. The van der Waals surface area contributed by atoms with Gasteiger partial charge in [-0.2, -0.15) is 0 Å². The van der Waals surface area contributed by atoms with Crippen LogP contribution in [0.1, 0.15) is 29.0 Å². The number of hydrogen-bond acceptors (Lipinski definition) is 3. The van der Waals surface area contributed by atoms with Gasteiger partial charge in [-0.25, -0.2) is 4.79 Å². The molecule has 1 aliphatic rings. The number of amides is 1. The molecule has 1 N–H and O–H groups in total. The number of ether oxygens (including phenoxy) is 1. The van der Waals surface area contributed by atoms with Crippen molar-refractivity contribution in [1.82, 2.24) is 5.32 Å². The summed E-state index contributed by atoms with van der Waals surface area (Å²) in [5, 5.41) is 5.34. The minimum absolute atomic E-state index is 0.0658. The lowest BCUT2D eigenvalue weighted by Gasteiger charge is -2.14. The molecule has 0 fully saturated rings. The van der Waals surface area contributed by atoms with E-state index in [1.54, 1.807) is 11.3 Å². The number of alkyl carbamates (subject to hydrolysis) is 1. The highest BCUT2D eigenvalue weighted by atomic mass is 32.1. The molecule has 1 heterocycles. The van der Waals surface area contributed by atoms with Crippen LogP contribution < -0.4 is 5.32 Å². The van der Waals surface area contributed by atoms with Crippen LogP contribution in [-0.4, -0.2) is 19.2 Å². The van der Waals surface area contributed by atoms with E-state index >= 15 is 0 Å². The molecule has 1 aromatic heterocycles. The van der Waals surface area contributed by atoms with Crippen LogP contribution in [0.3, 0.4) is 0 Å². The lowest BCUT2D eigenvalue weighted by molar-refractivity contribution is 0.143. The van der Waals surface area contributed by atoms with Gasteiger partial charge in [0, 0.05) is 44.6 Å². The van der Waals surface area contributed by atoms with Crippen molar-refractivity contribution in [2.45, 2.75) is 12.3 Å². The van der Waals surface area contributed by atoms with E-state index in [-0.39, 0.29) is 5.92 Å². The summed E-state index contributed by atoms with van der Waals surface area (Å²) >= 11 is 1.80. The van der Waals surface area contributed by atoms with Crippen LogP contribution in [0, 0.1) is 11.8 Å². The van der Waals surface area contributed by atoms with E-state index in [0.717, 1.165) is 5.56 Å². The highest BCUT2D eigenvalue weighted by Gasteiger charge is 2.28. The van der Waals surface area contributed by atoms with Crippen LogP contribution in [0.25, 0.3) is 31.3 Å². The number of fused-ring (bicyclic) bond motifs is 6. The molecule has 0 bridgehead atoms. The van der Waals surface area contributed by atoms with E-state index in [9.17, 15) is 4.79 Å². The third kappa shape index (κ3) is 4.16. The van der Waals surface area contributed by atoms with E-state index in [1.807, 2.05) is 24.3 Å². The molecule has 0 spiro atoms. The molecule has 4 heteroatoms. The Morgan fingerprint density at radius 3 is 2.31 bits per heavy atom. The summed E-state index contributed by atoms with van der Waals surface area (Å²) in [6, 6.07) is 31.5. The van der Waals surface area contributed by atoms with E-state index in [0.29, 0.717) is 19.6 Å². The van der Waals surface area contributed by atoms with Gasteiger partial charge in [0.1, 0.15) is 6.61 Å². The number of rotatable bonds is 4. The van der Waals surface area contributed by atoms with Crippen molar-refractivity contribution in [2.75, 3.05) is 13.2 Å². The molecular weight excluding hydrogens is 450 g/mol. The van der Waals surface area contributed by atoms with Crippen LogP contribution in [0.15, 0.2) is 91.0 Å². The third-order valence-electron chi connectivity index (χ3n) is 6.47. The van der Waals surface area contributed by atoms with Crippen LogP contribution >= 0.6 is 11.3 Å². The van der Waals surface area contributed by atoms with Gasteiger partial charge in [-0.15, -0.1) is 11.3 Å². The summed E-state index contributed by atoms with van der Waals surface area (Å²) < 4.78 is 8.15. The fraction of sp³-hybridized carbons (Fsp3) is 0.129. The Labute approximate surface area is 208 Å². The topological polar surface area (TPSA) is 38.3 Å². The monoisotopic (exact) mass is 473 g/mol. The van der Waals surface area contributed by atoms with Crippen LogP contribution in [0.4, 0.5) is 4.79 Å². The van der Waals surface area contributed by atoms with Crippen molar-refractivity contribution >= 4 is 37.6 Å². The molecule has 5 aromatic rings. The molecule has 0 unspecified atom stereocenters. The van der Waals surface area contributed by atoms with Gasteiger partial charge < -0.3 is 10.1 Å². The minimum Gasteiger partial charge on any atom is -0.449 e. The number of benzene rings is 4. The predicted octanol–water partition coefficient (Wildman–Crippen LogP) is 7.33. The first kappa shape index (κ1) is 21.5. The number of nitrogens with one attached hydrogen (secondary N) is 1. The Morgan fingerprint density at radius 1 is 0.829 bits per heavy atom. The Kier molecular flexibility index (Phi) is 5.70. The van der Waals surface area contributed by atoms with E-state index < -0.39 is 6.09 Å². The maximum Gasteiger partial charge on any atom is 0.407 e. The second kappa shape index (κ2) is 9.29. The van der Waals surface area contributed by atoms with Crippen LogP contribution in [0.5, 0.6) is 0 Å². The van der Waals surface area contributed by atoms with Gasteiger partial charge in [-0.3, -0.25) is 0 Å². The molecule has 0 atom stereocenters. The van der Waals surface area contributed by atoms with Gasteiger partial charge in [0.2, 0.25) is 0 Å². The minimum atomic E-state index is -0.403. The van der Waals surface area contributed by atoms with E-state index in [2.05, 4.69) is 83.9 Å². The third-order valence-corrected chi connectivity index (χ3v) is 7.62.